The summed E-state index contributed by atoms with van der Waals surface area (Å²) in [6.07, 6.45) is 1.31. The van der Waals surface area contributed by atoms with E-state index in [9.17, 15) is 0 Å². The minimum Gasteiger partial charge on any atom is -0.333 e. The molecule has 0 aliphatic heterocycles. The molecule has 11 heavy (non-hydrogen) atoms. The van der Waals surface area contributed by atoms with Gasteiger partial charge in [0.05, 0.1) is 0 Å². The summed E-state index contributed by atoms with van der Waals surface area (Å²) in [5, 5.41) is 0. The maximum absolute atomic E-state index is 4.50. The van der Waals surface area contributed by atoms with Crippen LogP contribution in [0, 0.1) is 5.92 Å². The maximum atomic E-state index is 4.50. The van der Waals surface area contributed by atoms with E-state index < -0.39 is 0 Å². The van der Waals surface area contributed by atoms with Crippen LogP contribution < -0.4 is 17.2 Å². The van der Waals surface area contributed by atoms with Gasteiger partial charge in [0.2, 0.25) is 0 Å². The van der Waals surface area contributed by atoms with Gasteiger partial charge < -0.3 is 17.2 Å². The van der Waals surface area contributed by atoms with E-state index in [2.05, 4.69) is 38.0 Å². The normalized spacial score (nSPS) is 6.00. The lowest BCUT2D eigenvalue weighted by Crippen LogP contribution is -1.77. The van der Waals surface area contributed by atoms with Crippen molar-refractivity contribution in [2.45, 2.75) is 27.2 Å². The van der Waals surface area contributed by atoms with Gasteiger partial charge in [0, 0.05) is 0 Å². The molecule has 0 spiro atoms. The fourth-order valence-corrected chi connectivity index (χ4v) is 0. The van der Waals surface area contributed by atoms with Crippen molar-refractivity contribution >= 4 is 0 Å². The second-order valence-electron chi connectivity index (χ2n) is 1.80. The van der Waals surface area contributed by atoms with E-state index >= 15 is 0 Å². The summed E-state index contributed by atoms with van der Waals surface area (Å²) in [6, 6.07) is 0. The van der Waals surface area contributed by atoms with Gasteiger partial charge in [0.25, 0.3) is 0 Å². The van der Waals surface area contributed by atoms with E-state index in [1.807, 2.05) is 0 Å². The molecule has 0 bridgehead atoms. The molecule has 0 saturated heterocycles. The molecule has 0 fully saturated rings. The van der Waals surface area contributed by atoms with Crippen molar-refractivity contribution in [1.82, 2.24) is 0 Å². The lowest BCUT2D eigenvalue weighted by Gasteiger charge is -1.90. The Hall–Kier alpha value is -0.120. The Bertz CT molecular complexity index is 23.3. The molecule has 0 aliphatic rings. The molecule has 0 heterocycles. The number of rotatable bonds is 1. The quantitative estimate of drug-likeness (QED) is 0.537. The summed E-state index contributed by atoms with van der Waals surface area (Å²) >= 11 is 0. The molecular weight excluding hydrogens is 138 g/mol. The van der Waals surface area contributed by atoms with Crippen LogP contribution in [-0.4, -0.2) is 21.1 Å². The molecule has 0 rings (SSSR count). The molecule has 0 aromatic rings. The Balaban J connectivity index is -0.0000000350. The molecule has 0 unspecified atom stereocenters. The van der Waals surface area contributed by atoms with Crippen molar-refractivity contribution in [1.29, 1.82) is 0 Å². The fourth-order valence-electron chi connectivity index (χ4n) is 0. The van der Waals surface area contributed by atoms with Crippen LogP contribution in [0.15, 0.2) is 0 Å². The molecule has 0 aliphatic carbocycles. The Morgan fingerprint density at radius 1 is 0.818 bits per heavy atom. The SMILES string of the molecule is CCC(C)C.CN.CN.CN. The predicted molar refractivity (Wildman–Crippen MR) is 55.5 cm³/mol. The van der Waals surface area contributed by atoms with Gasteiger partial charge in [-0.3, -0.25) is 0 Å². The molecule has 0 amide bonds. The highest BCUT2D eigenvalue weighted by molar-refractivity contribution is 4.32. The number of hydrogen-bond acceptors (Lipinski definition) is 3. The average Bonchev–Trinajstić information content (AvgIpc) is 2.15. The summed E-state index contributed by atoms with van der Waals surface area (Å²) in [7, 11) is 4.50. The van der Waals surface area contributed by atoms with Gasteiger partial charge in [-0.1, -0.05) is 27.2 Å². The lowest BCUT2D eigenvalue weighted by atomic mass is 10.2. The second-order valence-corrected chi connectivity index (χ2v) is 1.80. The van der Waals surface area contributed by atoms with E-state index in [0.717, 1.165) is 5.92 Å². The first-order chi connectivity index (χ1) is 5.27. The Morgan fingerprint density at radius 2 is 0.909 bits per heavy atom. The van der Waals surface area contributed by atoms with Gasteiger partial charge >= 0.3 is 0 Å². The first-order valence-corrected chi connectivity index (χ1v) is 4.00. The van der Waals surface area contributed by atoms with Crippen LogP contribution >= 0.6 is 0 Å². The van der Waals surface area contributed by atoms with Crippen LogP contribution in [0.4, 0.5) is 0 Å². The smallest absolute Gasteiger partial charge is 0.0195 e. The Morgan fingerprint density at radius 3 is 0.909 bits per heavy atom. The fraction of sp³-hybridized carbons (Fsp3) is 1.00. The van der Waals surface area contributed by atoms with Crippen LogP contribution in [0.3, 0.4) is 0 Å². The first-order valence-electron chi connectivity index (χ1n) is 4.00. The Kier molecular flexibility index (Phi) is 106. The minimum absolute atomic E-state index is 0.884. The lowest BCUT2D eigenvalue weighted by molar-refractivity contribution is 0.626. The highest BCUT2D eigenvalue weighted by Crippen LogP contribution is 1.93. The predicted octanol–water partition coefficient (Wildman–Crippen LogP) is 0.777. The molecule has 0 atom stereocenters. The van der Waals surface area contributed by atoms with Crippen molar-refractivity contribution in [3.8, 4) is 0 Å². The number of nitrogens with two attached hydrogens (primary N) is 3. The zero-order valence-electron chi connectivity index (χ0n) is 9.02. The highest BCUT2D eigenvalue weighted by atomic mass is 14.4. The van der Waals surface area contributed by atoms with Gasteiger partial charge in [-0.05, 0) is 27.1 Å². The summed E-state index contributed by atoms with van der Waals surface area (Å²) in [6.45, 7) is 6.64. The zero-order chi connectivity index (χ0) is 10.3. The summed E-state index contributed by atoms with van der Waals surface area (Å²) in [5.41, 5.74) is 13.5. The van der Waals surface area contributed by atoms with Gasteiger partial charge in [0.1, 0.15) is 0 Å². The summed E-state index contributed by atoms with van der Waals surface area (Å²) < 4.78 is 0. The standard InChI is InChI=1S/C5H12.3CH5N/c1-4-5(2)3;3*1-2/h5H,4H2,1-3H3;3*2H2,1H3. The third-order valence-corrected chi connectivity index (χ3v) is 0.816. The average molecular weight is 165 g/mol. The third kappa shape index (κ3) is 174. The minimum atomic E-state index is 0.884. The highest BCUT2D eigenvalue weighted by Gasteiger charge is 1.80. The van der Waals surface area contributed by atoms with E-state index in [-0.39, 0.29) is 0 Å². The van der Waals surface area contributed by atoms with Gasteiger partial charge in [-0.2, -0.15) is 0 Å². The summed E-state index contributed by atoms with van der Waals surface area (Å²) in [4.78, 5) is 0. The summed E-state index contributed by atoms with van der Waals surface area (Å²) in [5.74, 6) is 0.884. The van der Waals surface area contributed by atoms with Crippen molar-refractivity contribution in [2.75, 3.05) is 21.1 Å². The number of hydrogen-bond donors (Lipinski definition) is 3. The molecule has 3 nitrogen and oxygen atoms in total. The largest absolute Gasteiger partial charge is 0.333 e. The molecule has 6 N–H and O–H groups in total. The molecule has 0 aromatic carbocycles. The first kappa shape index (κ1) is 22.4. The van der Waals surface area contributed by atoms with E-state index in [4.69, 9.17) is 0 Å². The van der Waals surface area contributed by atoms with E-state index in [0.29, 0.717) is 0 Å². The van der Waals surface area contributed by atoms with Crippen LogP contribution in [-0.2, 0) is 0 Å². The molecule has 3 heteroatoms. The molecular formula is C8H27N3. The van der Waals surface area contributed by atoms with Crippen LogP contribution in [0.25, 0.3) is 0 Å². The van der Waals surface area contributed by atoms with Crippen molar-refractivity contribution in [3.05, 3.63) is 0 Å². The second kappa shape index (κ2) is 51.8. The maximum Gasteiger partial charge on any atom is -0.0195 e. The van der Waals surface area contributed by atoms with E-state index in [1.54, 1.807) is 0 Å². The van der Waals surface area contributed by atoms with Crippen LogP contribution in [0.2, 0.25) is 0 Å². The van der Waals surface area contributed by atoms with Gasteiger partial charge in [-0.25, -0.2) is 0 Å². The molecule has 0 aromatic heterocycles. The van der Waals surface area contributed by atoms with Crippen molar-refractivity contribution in [2.24, 2.45) is 23.1 Å². The van der Waals surface area contributed by atoms with Gasteiger partial charge in [-0.15, -0.1) is 0 Å². The Labute approximate surface area is 72.3 Å². The molecule has 0 radical (unpaired) electrons. The topological polar surface area (TPSA) is 78.1 Å². The van der Waals surface area contributed by atoms with Crippen LogP contribution in [0.1, 0.15) is 27.2 Å². The molecule has 0 saturated carbocycles. The monoisotopic (exact) mass is 165 g/mol. The third-order valence-electron chi connectivity index (χ3n) is 0.816. The van der Waals surface area contributed by atoms with Crippen molar-refractivity contribution in [3.63, 3.8) is 0 Å². The van der Waals surface area contributed by atoms with Crippen molar-refractivity contribution < 1.29 is 0 Å². The zero-order valence-corrected chi connectivity index (χ0v) is 9.02. The molecule has 74 valence electrons. The van der Waals surface area contributed by atoms with Gasteiger partial charge in [0.15, 0.2) is 0 Å². The van der Waals surface area contributed by atoms with E-state index in [1.165, 1.54) is 27.6 Å². The van der Waals surface area contributed by atoms with Crippen LogP contribution in [0.5, 0.6) is 0 Å².